The molecule has 0 spiro atoms. The molecule has 0 unspecified atom stereocenters. The van der Waals surface area contributed by atoms with Crippen LogP contribution in [0.4, 0.5) is 0 Å². The standard InChI is InChI=1S/C16H11BrN2O3/c17-13-6-5-11-7-8-19(15(20)14(11)18-13)9-10-1-3-12(4-2-10)16(21)22/h1-8H,9H2,(H,21,22). The molecule has 0 amide bonds. The maximum atomic E-state index is 12.4. The van der Waals surface area contributed by atoms with E-state index in [0.717, 1.165) is 10.9 Å². The number of hydrogen-bond acceptors (Lipinski definition) is 3. The highest BCUT2D eigenvalue weighted by Gasteiger charge is 2.06. The maximum absolute atomic E-state index is 12.4. The minimum Gasteiger partial charge on any atom is -0.478 e. The smallest absolute Gasteiger partial charge is 0.335 e. The molecule has 3 rings (SSSR count). The fraction of sp³-hybridized carbons (Fsp3) is 0.0625. The van der Waals surface area contributed by atoms with E-state index in [1.807, 2.05) is 12.1 Å². The van der Waals surface area contributed by atoms with Crippen molar-refractivity contribution in [2.45, 2.75) is 6.54 Å². The molecule has 2 aromatic heterocycles. The van der Waals surface area contributed by atoms with Crippen LogP contribution in [-0.4, -0.2) is 20.6 Å². The average Bonchev–Trinajstić information content (AvgIpc) is 2.51. The molecule has 5 nitrogen and oxygen atoms in total. The fourth-order valence-corrected chi connectivity index (χ4v) is 2.51. The van der Waals surface area contributed by atoms with Crippen molar-refractivity contribution < 1.29 is 9.90 Å². The van der Waals surface area contributed by atoms with Crippen LogP contribution in [-0.2, 0) is 6.54 Å². The molecule has 0 aliphatic carbocycles. The number of halogens is 1. The number of aromatic nitrogens is 2. The molecule has 1 N–H and O–H groups in total. The molecule has 0 bridgehead atoms. The topological polar surface area (TPSA) is 72.2 Å². The van der Waals surface area contributed by atoms with Gasteiger partial charge in [0.05, 0.1) is 12.1 Å². The summed E-state index contributed by atoms with van der Waals surface area (Å²) in [5, 5.41) is 9.67. The molecule has 0 saturated carbocycles. The molecule has 110 valence electrons. The number of nitrogens with zero attached hydrogens (tertiary/aromatic N) is 2. The number of rotatable bonds is 3. The van der Waals surface area contributed by atoms with Crippen molar-refractivity contribution >= 4 is 32.8 Å². The van der Waals surface area contributed by atoms with Gasteiger partial charge in [0.25, 0.3) is 5.56 Å². The maximum Gasteiger partial charge on any atom is 0.335 e. The first kappa shape index (κ1) is 14.5. The van der Waals surface area contributed by atoms with E-state index in [-0.39, 0.29) is 11.1 Å². The fourth-order valence-electron chi connectivity index (χ4n) is 2.20. The van der Waals surface area contributed by atoms with Gasteiger partial charge < -0.3 is 9.67 Å². The van der Waals surface area contributed by atoms with Gasteiger partial charge >= 0.3 is 5.97 Å². The lowest BCUT2D eigenvalue weighted by atomic mass is 10.1. The van der Waals surface area contributed by atoms with E-state index in [4.69, 9.17) is 5.11 Å². The van der Waals surface area contributed by atoms with Gasteiger partial charge in [0.2, 0.25) is 0 Å². The van der Waals surface area contributed by atoms with E-state index in [1.54, 1.807) is 29.0 Å². The van der Waals surface area contributed by atoms with E-state index in [2.05, 4.69) is 20.9 Å². The Balaban J connectivity index is 1.98. The highest BCUT2D eigenvalue weighted by molar-refractivity contribution is 9.10. The SMILES string of the molecule is O=C(O)c1ccc(Cn2ccc3ccc(Br)nc3c2=O)cc1. The monoisotopic (exact) mass is 358 g/mol. The van der Waals surface area contributed by atoms with E-state index in [1.165, 1.54) is 12.1 Å². The highest BCUT2D eigenvalue weighted by atomic mass is 79.9. The molecule has 0 radical (unpaired) electrons. The summed E-state index contributed by atoms with van der Waals surface area (Å²) in [4.78, 5) is 27.5. The molecule has 0 aliphatic rings. The van der Waals surface area contributed by atoms with E-state index < -0.39 is 5.97 Å². The van der Waals surface area contributed by atoms with Crippen molar-refractivity contribution in [3.8, 4) is 0 Å². The molecule has 2 heterocycles. The summed E-state index contributed by atoms with van der Waals surface area (Å²) in [6, 6.07) is 11.9. The zero-order valence-electron chi connectivity index (χ0n) is 11.4. The Morgan fingerprint density at radius 2 is 1.86 bits per heavy atom. The Hall–Kier alpha value is -2.47. The average molecular weight is 359 g/mol. The van der Waals surface area contributed by atoms with Gasteiger partial charge in [-0.3, -0.25) is 4.79 Å². The highest BCUT2D eigenvalue weighted by Crippen LogP contribution is 2.13. The summed E-state index contributed by atoms with van der Waals surface area (Å²) in [5.41, 5.74) is 1.29. The summed E-state index contributed by atoms with van der Waals surface area (Å²) in [5.74, 6) is -0.969. The number of carboxylic acids is 1. The number of aromatic carboxylic acids is 1. The van der Waals surface area contributed by atoms with E-state index >= 15 is 0 Å². The van der Waals surface area contributed by atoms with Crippen LogP contribution < -0.4 is 5.56 Å². The first-order chi connectivity index (χ1) is 10.5. The zero-order valence-corrected chi connectivity index (χ0v) is 12.9. The Bertz CT molecular complexity index is 917. The first-order valence-corrected chi connectivity index (χ1v) is 7.32. The summed E-state index contributed by atoms with van der Waals surface area (Å²) < 4.78 is 2.16. The van der Waals surface area contributed by atoms with Crippen molar-refractivity contribution in [2.24, 2.45) is 0 Å². The number of hydrogen-bond donors (Lipinski definition) is 1. The number of carboxylic acid groups (broad SMARTS) is 1. The van der Waals surface area contributed by atoms with Gasteiger partial charge in [0, 0.05) is 11.6 Å². The van der Waals surface area contributed by atoms with Crippen molar-refractivity contribution in [2.75, 3.05) is 0 Å². The normalized spacial score (nSPS) is 10.8. The lowest BCUT2D eigenvalue weighted by Gasteiger charge is -2.07. The van der Waals surface area contributed by atoms with Gasteiger partial charge in [-0.2, -0.15) is 0 Å². The number of carbonyl (C=O) groups is 1. The van der Waals surface area contributed by atoms with Gasteiger partial charge in [0.15, 0.2) is 0 Å². The van der Waals surface area contributed by atoms with Crippen LogP contribution >= 0.6 is 15.9 Å². The van der Waals surface area contributed by atoms with Crippen molar-refractivity contribution in [3.05, 3.63) is 74.7 Å². The van der Waals surface area contributed by atoms with Gasteiger partial charge in [-0.15, -0.1) is 0 Å². The molecule has 0 atom stereocenters. The van der Waals surface area contributed by atoms with Gasteiger partial charge in [-0.25, -0.2) is 9.78 Å². The van der Waals surface area contributed by atoms with Gasteiger partial charge in [-0.1, -0.05) is 12.1 Å². The molecular formula is C16H11BrN2O3. The second kappa shape index (κ2) is 5.73. The quantitative estimate of drug-likeness (QED) is 0.730. The molecular weight excluding hydrogens is 348 g/mol. The second-order valence-corrected chi connectivity index (χ2v) is 5.64. The Kier molecular flexibility index (Phi) is 3.77. The van der Waals surface area contributed by atoms with Crippen molar-refractivity contribution in [1.29, 1.82) is 0 Å². The van der Waals surface area contributed by atoms with E-state index in [0.29, 0.717) is 16.7 Å². The summed E-state index contributed by atoms with van der Waals surface area (Å²) in [6.45, 7) is 0.364. The molecule has 0 aliphatic heterocycles. The largest absolute Gasteiger partial charge is 0.478 e. The third kappa shape index (κ3) is 2.78. The van der Waals surface area contributed by atoms with Crippen LogP contribution in [0.25, 0.3) is 10.9 Å². The predicted molar refractivity (Wildman–Crippen MR) is 86.2 cm³/mol. The number of benzene rings is 1. The molecule has 22 heavy (non-hydrogen) atoms. The molecule has 3 aromatic rings. The van der Waals surface area contributed by atoms with Crippen LogP contribution in [0.15, 0.2) is 58.1 Å². The Morgan fingerprint density at radius 3 is 2.55 bits per heavy atom. The lowest BCUT2D eigenvalue weighted by molar-refractivity contribution is 0.0697. The third-order valence-corrected chi connectivity index (χ3v) is 3.79. The summed E-state index contributed by atoms with van der Waals surface area (Å²) >= 11 is 3.26. The van der Waals surface area contributed by atoms with E-state index in [9.17, 15) is 9.59 Å². The van der Waals surface area contributed by atoms with Crippen LogP contribution in [0.5, 0.6) is 0 Å². The molecule has 1 aromatic carbocycles. The summed E-state index contributed by atoms with van der Waals surface area (Å²) in [7, 11) is 0. The van der Waals surface area contributed by atoms with Crippen molar-refractivity contribution in [3.63, 3.8) is 0 Å². The Morgan fingerprint density at radius 1 is 1.14 bits per heavy atom. The van der Waals surface area contributed by atoms with Gasteiger partial charge in [0.1, 0.15) is 10.1 Å². The molecule has 6 heteroatoms. The summed E-state index contributed by atoms with van der Waals surface area (Å²) in [6.07, 6.45) is 1.71. The number of fused-ring (bicyclic) bond motifs is 1. The minimum absolute atomic E-state index is 0.180. The zero-order chi connectivity index (χ0) is 15.7. The van der Waals surface area contributed by atoms with Crippen LogP contribution in [0.1, 0.15) is 15.9 Å². The minimum atomic E-state index is -0.969. The van der Waals surface area contributed by atoms with Gasteiger partial charge in [-0.05, 0) is 51.8 Å². The first-order valence-electron chi connectivity index (χ1n) is 6.52. The lowest BCUT2D eigenvalue weighted by Crippen LogP contribution is -2.20. The second-order valence-electron chi connectivity index (χ2n) is 4.82. The van der Waals surface area contributed by atoms with Crippen LogP contribution in [0, 0.1) is 0 Å². The van der Waals surface area contributed by atoms with Crippen LogP contribution in [0.2, 0.25) is 0 Å². The predicted octanol–water partition coefficient (Wildman–Crippen LogP) is 2.91. The third-order valence-electron chi connectivity index (χ3n) is 3.34. The Labute approximate surface area is 134 Å². The van der Waals surface area contributed by atoms with Crippen molar-refractivity contribution in [1.82, 2.24) is 9.55 Å². The number of pyridine rings is 2. The molecule has 0 saturated heterocycles. The molecule has 0 fully saturated rings. The van der Waals surface area contributed by atoms with Crippen LogP contribution in [0.3, 0.4) is 0 Å².